The smallest absolute Gasteiger partial charge is 0.328 e. The standard InChI is InChI=1S/C20H36O3SSi2/c1-19(2,3)25(8,9)22-17-13-12-15(24-7)14-16(17)18(21)23-26(10,11)20(4,5)6/h12-14H,1-11H3. The van der Waals surface area contributed by atoms with Gasteiger partial charge in [0.1, 0.15) is 5.75 Å². The average Bonchev–Trinajstić information content (AvgIpc) is 2.44. The number of carbonyl (C=O) groups excluding carboxylic acids is 1. The highest BCUT2D eigenvalue weighted by Gasteiger charge is 2.42. The first-order valence-electron chi connectivity index (χ1n) is 9.12. The SMILES string of the molecule is CSc1ccc(O[Si](C)(C)C(C)(C)C)c(C(=O)O[Si](C)(C)C(C)(C)C)c1. The lowest BCUT2D eigenvalue weighted by Gasteiger charge is -2.38. The Morgan fingerprint density at radius 1 is 0.923 bits per heavy atom. The minimum Gasteiger partial charge on any atom is -0.543 e. The van der Waals surface area contributed by atoms with E-state index in [4.69, 9.17) is 8.85 Å². The average molecular weight is 413 g/mol. The zero-order chi connectivity index (χ0) is 20.6. The number of thioether (sulfide) groups is 1. The lowest BCUT2D eigenvalue weighted by molar-refractivity contribution is 0.0710. The summed E-state index contributed by atoms with van der Waals surface area (Å²) in [5.41, 5.74) is 0.548. The highest BCUT2D eigenvalue weighted by atomic mass is 32.2. The van der Waals surface area contributed by atoms with Crippen molar-refractivity contribution in [2.24, 2.45) is 0 Å². The molecule has 0 aromatic heterocycles. The Kier molecular flexibility index (Phi) is 6.92. The Morgan fingerprint density at radius 2 is 1.42 bits per heavy atom. The van der Waals surface area contributed by atoms with E-state index in [2.05, 4.69) is 67.7 Å². The second kappa shape index (κ2) is 7.72. The van der Waals surface area contributed by atoms with E-state index in [0.29, 0.717) is 11.3 Å². The number of rotatable bonds is 5. The molecule has 148 valence electrons. The molecule has 0 aliphatic rings. The minimum absolute atomic E-state index is 0.0276. The van der Waals surface area contributed by atoms with Crippen molar-refractivity contribution in [3.8, 4) is 5.75 Å². The van der Waals surface area contributed by atoms with Gasteiger partial charge in [-0.05, 0) is 60.7 Å². The van der Waals surface area contributed by atoms with Gasteiger partial charge in [0.25, 0.3) is 16.6 Å². The lowest BCUT2D eigenvalue weighted by Crippen LogP contribution is -2.45. The van der Waals surface area contributed by atoms with Gasteiger partial charge in [0, 0.05) is 4.90 Å². The predicted molar refractivity (Wildman–Crippen MR) is 119 cm³/mol. The van der Waals surface area contributed by atoms with E-state index in [9.17, 15) is 4.79 Å². The molecule has 0 atom stereocenters. The molecule has 3 nitrogen and oxygen atoms in total. The molecule has 0 bridgehead atoms. The van der Waals surface area contributed by atoms with Crippen LogP contribution < -0.4 is 4.43 Å². The van der Waals surface area contributed by atoms with E-state index in [0.717, 1.165) is 4.90 Å². The highest BCUT2D eigenvalue weighted by molar-refractivity contribution is 7.98. The Hall–Kier alpha value is -0.726. The van der Waals surface area contributed by atoms with Gasteiger partial charge in [-0.2, -0.15) is 0 Å². The number of hydrogen-bond acceptors (Lipinski definition) is 4. The second-order valence-corrected chi connectivity index (χ2v) is 20.2. The molecule has 0 heterocycles. The van der Waals surface area contributed by atoms with E-state index in [-0.39, 0.29) is 16.0 Å². The first-order chi connectivity index (χ1) is 11.5. The molecule has 0 saturated carbocycles. The van der Waals surface area contributed by atoms with Crippen LogP contribution in [0, 0.1) is 0 Å². The molecule has 1 rings (SSSR count). The van der Waals surface area contributed by atoms with Gasteiger partial charge in [-0.3, -0.25) is 0 Å². The third kappa shape index (κ3) is 5.39. The summed E-state index contributed by atoms with van der Waals surface area (Å²) in [6.07, 6.45) is 2.01. The van der Waals surface area contributed by atoms with E-state index >= 15 is 0 Å². The third-order valence-electron chi connectivity index (χ3n) is 5.73. The maximum Gasteiger partial charge on any atom is 0.328 e. The van der Waals surface area contributed by atoms with Crippen LogP contribution in [0.4, 0.5) is 0 Å². The molecule has 6 heteroatoms. The fourth-order valence-electron chi connectivity index (χ4n) is 1.75. The number of carbonyl (C=O) groups is 1. The largest absolute Gasteiger partial charge is 0.543 e. The molecule has 0 fully saturated rings. The van der Waals surface area contributed by atoms with Crippen LogP contribution in [0.2, 0.25) is 36.3 Å². The maximum absolute atomic E-state index is 13.1. The highest BCUT2D eigenvalue weighted by Crippen LogP contribution is 2.40. The van der Waals surface area contributed by atoms with Crippen molar-refractivity contribution in [2.75, 3.05) is 6.26 Å². The monoisotopic (exact) mass is 412 g/mol. The molecular weight excluding hydrogens is 376 g/mol. The van der Waals surface area contributed by atoms with Crippen molar-refractivity contribution in [1.29, 1.82) is 0 Å². The van der Waals surface area contributed by atoms with Gasteiger partial charge in [0.05, 0.1) is 5.56 Å². The van der Waals surface area contributed by atoms with Crippen LogP contribution in [0.1, 0.15) is 51.9 Å². The second-order valence-electron chi connectivity index (χ2n) is 9.87. The fraction of sp³-hybridized carbons (Fsp3) is 0.650. The molecule has 0 spiro atoms. The molecule has 26 heavy (non-hydrogen) atoms. The van der Waals surface area contributed by atoms with Gasteiger partial charge in [0.15, 0.2) is 0 Å². The van der Waals surface area contributed by atoms with Crippen LogP contribution in [-0.2, 0) is 4.43 Å². The van der Waals surface area contributed by atoms with Crippen LogP contribution in [-0.4, -0.2) is 28.9 Å². The van der Waals surface area contributed by atoms with Crippen molar-refractivity contribution in [1.82, 2.24) is 0 Å². The lowest BCUT2D eigenvalue weighted by atomic mass is 10.2. The first-order valence-corrected chi connectivity index (χ1v) is 16.2. The number of benzene rings is 1. The summed E-state index contributed by atoms with van der Waals surface area (Å²) >= 11 is 1.62. The van der Waals surface area contributed by atoms with E-state index < -0.39 is 16.6 Å². The topological polar surface area (TPSA) is 35.5 Å². The van der Waals surface area contributed by atoms with Gasteiger partial charge in [0.2, 0.25) is 0 Å². The van der Waals surface area contributed by atoms with Crippen LogP contribution in [0.3, 0.4) is 0 Å². The van der Waals surface area contributed by atoms with Crippen molar-refractivity contribution in [3.63, 3.8) is 0 Å². The molecular formula is C20H36O3SSi2. The van der Waals surface area contributed by atoms with E-state index in [1.807, 2.05) is 24.5 Å². The van der Waals surface area contributed by atoms with Crippen molar-refractivity contribution < 1.29 is 13.6 Å². The minimum atomic E-state index is -2.20. The molecule has 0 aliphatic heterocycles. The zero-order valence-corrected chi connectivity index (χ0v) is 21.2. The summed E-state index contributed by atoms with van der Waals surface area (Å²) < 4.78 is 12.5. The Bertz CT molecular complexity index is 656. The van der Waals surface area contributed by atoms with Crippen LogP contribution in [0.5, 0.6) is 5.75 Å². The van der Waals surface area contributed by atoms with Crippen molar-refractivity contribution in [2.45, 2.75) is 82.7 Å². The summed E-state index contributed by atoms with van der Waals surface area (Å²) in [6, 6.07) is 5.84. The fourth-order valence-corrected chi connectivity index (χ4v) is 4.11. The summed E-state index contributed by atoms with van der Waals surface area (Å²) in [5.74, 6) is 0.388. The van der Waals surface area contributed by atoms with E-state index in [1.54, 1.807) is 11.8 Å². The van der Waals surface area contributed by atoms with Gasteiger partial charge < -0.3 is 8.85 Å². The third-order valence-corrected chi connectivity index (χ3v) is 15.1. The van der Waals surface area contributed by atoms with Gasteiger partial charge >= 0.3 is 5.97 Å². The normalized spacial score (nSPS) is 13.5. The van der Waals surface area contributed by atoms with Crippen LogP contribution in [0.15, 0.2) is 23.1 Å². The molecule has 0 saturated heterocycles. The summed E-state index contributed by atoms with van der Waals surface area (Å²) in [5, 5.41) is 0.0337. The first kappa shape index (κ1) is 23.3. The zero-order valence-electron chi connectivity index (χ0n) is 18.4. The molecule has 0 unspecified atom stereocenters. The van der Waals surface area contributed by atoms with Crippen molar-refractivity contribution >= 4 is 34.4 Å². The summed E-state index contributed by atoms with van der Waals surface area (Å²) in [7, 11) is -4.25. The van der Waals surface area contributed by atoms with Crippen LogP contribution >= 0.6 is 11.8 Å². The molecule has 1 aromatic carbocycles. The Morgan fingerprint density at radius 3 is 1.85 bits per heavy atom. The number of hydrogen-bond donors (Lipinski definition) is 0. The molecule has 0 aliphatic carbocycles. The molecule has 1 aromatic rings. The Balaban J connectivity index is 3.30. The summed E-state index contributed by atoms with van der Waals surface area (Å²) in [6.45, 7) is 21.6. The van der Waals surface area contributed by atoms with Crippen LogP contribution in [0.25, 0.3) is 0 Å². The molecule has 0 radical (unpaired) electrons. The molecule has 0 N–H and O–H groups in total. The summed E-state index contributed by atoms with van der Waals surface area (Å²) in [4.78, 5) is 14.1. The van der Waals surface area contributed by atoms with Crippen molar-refractivity contribution in [3.05, 3.63) is 23.8 Å². The molecule has 0 amide bonds. The van der Waals surface area contributed by atoms with Gasteiger partial charge in [-0.1, -0.05) is 41.5 Å². The Labute approximate surface area is 166 Å². The van der Waals surface area contributed by atoms with Gasteiger partial charge in [-0.15, -0.1) is 11.8 Å². The quantitative estimate of drug-likeness (QED) is 0.387. The predicted octanol–water partition coefficient (Wildman–Crippen LogP) is 6.95. The van der Waals surface area contributed by atoms with E-state index in [1.165, 1.54) is 0 Å². The maximum atomic E-state index is 13.1. The van der Waals surface area contributed by atoms with Gasteiger partial charge in [-0.25, -0.2) is 4.79 Å².